The highest BCUT2D eigenvalue weighted by Crippen LogP contribution is 2.00. The fourth-order valence-electron chi connectivity index (χ4n) is 1.32. The van der Waals surface area contributed by atoms with Gasteiger partial charge in [0.2, 0.25) is 5.91 Å². The van der Waals surface area contributed by atoms with Crippen LogP contribution in [0.1, 0.15) is 32.1 Å². The van der Waals surface area contributed by atoms with Crippen LogP contribution < -0.4 is 11.1 Å². The maximum absolute atomic E-state index is 11.3. The number of aliphatic hydroxyl groups is 2. The zero-order valence-electron chi connectivity index (χ0n) is 11.5. The van der Waals surface area contributed by atoms with Crippen LogP contribution in [0.25, 0.3) is 0 Å². The second kappa shape index (κ2) is 13.8. The minimum atomic E-state index is -1.11. The number of nitrogens with one attached hydrogen (secondary N) is 1. The van der Waals surface area contributed by atoms with Gasteiger partial charge in [-0.15, -0.1) is 12.8 Å². The molecule has 0 aromatic rings. The van der Waals surface area contributed by atoms with Crippen molar-refractivity contribution in [2.45, 2.75) is 44.2 Å². The number of carbonyl (C=O) groups excluding carboxylic acids is 1. The SMILES string of the molecule is C#C.NC(CCC(=O)NCCCCC(O)CO)C(=O)O. The number of carboxylic acid groups (broad SMARTS) is 1. The highest BCUT2D eigenvalue weighted by atomic mass is 16.4. The van der Waals surface area contributed by atoms with Crippen LogP contribution in [0.4, 0.5) is 0 Å². The fraction of sp³-hybridized carbons (Fsp3) is 0.692. The first kappa shape index (κ1) is 20.7. The predicted molar refractivity (Wildman–Crippen MR) is 74.7 cm³/mol. The molecule has 0 fully saturated rings. The minimum Gasteiger partial charge on any atom is -0.480 e. The van der Waals surface area contributed by atoms with Crippen molar-refractivity contribution in [2.24, 2.45) is 5.73 Å². The van der Waals surface area contributed by atoms with E-state index in [9.17, 15) is 9.59 Å². The molecule has 0 aromatic carbocycles. The lowest BCUT2D eigenvalue weighted by Gasteiger charge is -2.08. The molecule has 1 amide bonds. The lowest BCUT2D eigenvalue weighted by atomic mass is 10.1. The standard InChI is InChI=1S/C11H22N2O5.C2H2/c12-9(11(17)18)4-5-10(16)13-6-2-1-3-8(15)7-14;1-2/h8-9,14-15H,1-7,12H2,(H,13,16)(H,17,18);1-2H. The molecule has 0 saturated carbocycles. The number of amides is 1. The van der Waals surface area contributed by atoms with Gasteiger partial charge in [-0.3, -0.25) is 9.59 Å². The van der Waals surface area contributed by atoms with Crippen molar-refractivity contribution in [1.82, 2.24) is 5.32 Å². The Morgan fingerprint density at radius 2 is 1.80 bits per heavy atom. The predicted octanol–water partition coefficient (Wildman–Crippen LogP) is -0.932. The number of hydrogen-bond acceptors (Lipinski definition) is 5. The molecule has 7 nitrogen and oxygen atoms in total. The average Bonchev–Trinajstić information content (AvgIpc) is 2.45. The Balaban J connectivity index is 0. The summed E-state index contributed by atoms with van der Waals surface area (Å²) in [7, 11) is 0. The first-order chi connectivity index (χ1) is 9.47. The molecule has 0 aliphatic rings. The third kappa shape index (κ3) is 12.8. The van der Waals surface area contributed by atoms with E-state index in [0.29, 0.717) is 25.8 Å². The van der Waals surface area contributed by atoms with Gasteiger partial charge in [-0.1, -0.05) is 0 Å². The van der Waals surface area contributed by atoms with Crippen molar-refractivity contribution in [2.75, 3.05) is 13.2 Å². The first-order valence-electron chi connectivity index (χ1n) is 6.34. The van der Waals surface area contributed by atoms with Crippen molar-refractivity contribution in [3.05, 3.63) is 0 Å². The summed E-state index contributed by atoms with van der Waals surface area (Å²) >= 11 is 0. The number of rotatable bonds is 10. The van der Waals surface area contributed by atoms with E-state index in [1.807, 2.05) is 0 Å². The van der Waals surface area contributed by atoms with Gasteiger partial charge in [0.25, 0.3) is 0 Å². The lowest BCUT2D eigenvalue weighted by molar-refractivity contribution is -0.138. The summed E-state index contributed by atoms with van der Waals surface area (Å²) in [4.78, 5) is 21.7. The number of carboxylic acids is 1. The monoisotopic (exact) mass is 288 g/mol. The molecule has 2 atom stereocenters. The van der Waals surface area contributed by atoms with E-state index in [0.717, 1.165) is 0 Å². The van der Waals surface area contributed by atoms with Crippen LogP contribution >= 0.6 is 0 Å². The molecular formula is C13H24N2O5. The first-order valence-corrected chi connectivity index (χ1v) is 6.34. The number of nitrogens with two attached hydrogens (primary N) is 1. The van der Waals surface area contributed by atoms with Crippen LogP contribution in [0, 0.1) is 12.8 Å². The summed E-state index contributed by atoms with van der Waals surface area (Å²) in [6.45, 7) is 0.221. The van der Waals surface area contributed by atoms with E-state index < -0.39 is 18.1 Å². The van der Waals surface area contributed by atoms with E-state index in [1.54, 1.807) is 0 Å². The van der Waals surface area contributed by atoms with Gasteiger partial charge in [0, 0.05) is 13.0 Å². The third-order valence-electron chi connectivity index (χ3n) is 2.50. The molecule has 2 unspecified atom stereocenters. The molecule has 0 heterocycles. The fourth-order valence-corrected chi connectivity index (χ4v) is 1.32. The van der Waals surface area contributed by atoms with Gasteiger partial charge in [-0.05, 0) is 25.7 Å². The average molecular weight is 288 g/mol. The van der Waals surface area contributed by atoms with Gasteiger partial charge in [-0.25, -0.2) is 0 Å². The molecule has 0 aliphatic heterocycles. The van der Waals surface area contributed by atoms with Crippen molar-refractivity contribution in [3.63, 3.8) is 0 Å². The number of terminal acetylenes is 1. The Morgan fingerprint density at radius 3 is 2.30 bits per heavy atom. The number of unbranched alkanes of at least 4 members (excludes halogenated alkanes) is 1. The van der Waals surface area contributed by atoms with Crippen LogP contribution in [0.2, 0.25) is 0 Å². The lowest BCUT2D eigenvalue weighted by Crippen LogP contribution is -2.33. The second-order valence-electron chi connectivity index (χ2n) is 4.17. The summed E-state index contributed by atoms with van der Waals surface area (Å²) in [6, 6.07) is -1.00. The van der Waals surface area contributed by atoms with Crippen molar-refractivity contribution in [3.8, 4) is 12.8 Å². The van der Waals surface area contributed by atoms with E-state index in [4.69, 9.17) is 21.1 Å². The van der Waals surface area contributed by atoms with Gasteiger partial charge >= 0.3 is 5.97 Å². The molecule has 0 saturated heterocycles. The molecule has 0 aromatic heterocycles. The maximum atomic E-state index is 11.3. The Hall–Kier alpha value is -1.62. The van der Waals surface area contributed by atoms with Crippen LogP contribution in [0.15, 0.2) is 0 Å². The largest absolute Gasteiger partial charge is 0.480 e. The summed E-state index contributed by atoms with van der Waals surface area (Å²) in [5.74, 6) is -1.34. The Morgan fingerprint density at radius 1 is 1.20 bits per heavy atom. The number of carbonyl (C=O) groups is 2. The normalized spacial score (nSPS) is 12.7. The summed E-state index contributed by atoms with van der Waals surface area (Å²) in [6.07, 6.45) is 9.41. The highest BCUT2D eigenvalue weighted by molar-refractivity contribution is 5.78. The number of aliphatic hydroxyl groups excluding tert-OH is 2. The molecule has 0 spiro atoms. The molecule has 0 radical (unpaired) electrons. The van der Waals surface area contributed by atoms with Crippen LogP contribution in [0.5, 0.6) is 0 Å². The van der Waals surface area contributed by atoms with Gasteiger partial charge in [-0.2, -0.15) is 0 Å². The zero-order chi connectivity index (χ0) is 16.0. The summed E-state index contributed by atoms with van der Waals surface area (Å²) in [5, 5.41) is 28.8. The highest BCUT2D eigenvalue weighted by Gasteiger charge is 2.13. The Bertz CT molecular complexity index is 294. The maximum Gasteiger partial charge on any atom is 0.320 e. The van der Waals surface area contributed by atoms with E-state index in [2.05, 4.69) is 18.2 Å². The molecule has 6 N–H and O–H groups in total. The van der Waals surface area contributed by atoms with Gasteiger partial charge in [0.05, 0.1) is 12.7 Å². The third-order valence-corrected chi connectivity index (χ3v) is 2.50. The molecule has 0 aliphatic carbocycles. The minimum absolute atomic E-state index is 0.0900. The molecule has 0 bridgehead atoms. The topological polar surface area (TPSA) is 133 Å². The number of aliphatic carboxylic acids is 1. The molecule has 0 rings (SSSR count). The molecule has 7 heteroatoms. The quantitative estimate of drug-likeness (QED) is 0.260. The van der Waals surface area contributed by atoms with Gasteiger partial charge in [0.1, 0.15) is 6.04 Å². The van der Waals surface area contributed by atoms with E-state index in [-0.39, 0.29) is 25.4 Å². The summed E-state index contributed by atoms with van der Waals surface area (Å²) < 4.78 is 0. The van der Waals surface area contributed by atoms with Crippen LogP contribution in [0.3, 0.4) is 0 Å². The summed E-state index contributed by atoms with van der Waals surface area (Å²) in [5.41, 5.74) is 5.26. The number of hydrogen-bond donors (Lipinski definition) is 5. The van der Waals surface area contributed by atoms with Crippen LogP contribution in [-0.2, 0) is 9.59 Å². The zero-order valence-corrected chi connectivity index (χ0v) is 11.5. The smallest absolute Gasteiger partial charge is 0.320 e. The van der Waals surface area contributed by atoms with Crippen molar-refractivity contribution in [1.29, 1.82) is 0 Å². The Kier molecular flexibility index (Phi) is 14.3. The molecule has 116 valence electrons. The van der Waals surface area contributed by atoms with Crippen LogP contribution in [-0.4, -0.2) is 52.5 Å². The molecular weight excluding hydrogens is 264 g/mol. The van der Waals surface area contributed by atoms with Gasteiger partial charge in [0.15, 0.2) is 0 Å². The van der Waals surface area contributed by atoms with E-state index in [1.165, 1.54) is 0 Å². The molecule has 20 heavy (non-hydrogen) atoms. The Labute approximate surface area is 119 Å². The second-order valence-corrected chi connectivity index (χ2v) is 4.17. The van der Waals surface area contributed by atoms with E-state index >= 15 is 0 Å². The van der Waals surface area contributed by atoms with Crippen molar-refractivity contribution >= 4 is 11.9 Å². The van der Waals surface area contributed by atoms with Gasteiger partial charge < -0.3 is 26.4 Å². The van der Waals surface area contributed by atoms with Crippen molar-refractivity contribution < 1.29 is 24.9 Å².